The molecule has 0 aliphatic carbocycles. The number of aromatic nitrogens is 6. The van der Waals surface area contributed by atoms with Crippen LogP contribution < -0.4 is 4.90 Å². The van der Waals surface area contributed by atoms with Gasteiger partial charge in [-0.25, -0.2) is 18.3 Å². The number of carbonyl (C=O) groups excluding carboxylic acids is 1. The average molecular weight is 454 g/mol. The summed E-state index contributed by atoms with van der Waals surface area (Å²) in [7, 11) is 0. The van der Waals surface area contributed by atoms with Crippen molar-refractivity contribution in [1.82, 2.24) is 34.7 Å². The van der Waals surface area contributed by atoms with E-state index in [9.17, 15) is 13.6 Å². The zero-order valence-electron chi connectivity index (χ0n) is 17.5. The van der Waals surface area contributed by atoms with Crippen molar-refractivity contribution in [3.8, 4) is 0 Å². The van der Waals surface area contributed by atoms with Gasteiger partial charge in [0.25, 0.3) is 0 Å². The highest BCUT2D eigenvalue weighted by Gasteiger charge is 2.38. The average Bonchev–Trinajstić information content (AvgIpc) is 3.57. The van der Waals surface area contributed by atoms with Crippen LogP contribution in [0.5, 0.6) is 0 Å². The number of hydrogen-bond donors (Lipinski definition) is 1. The summed E-state index contributed by atoms with van der Waals surface area (Å²) in [5, 5.41) is 12.5. The third kappa shape index (κ3) is 3.33. The van der Waals surface area contributed by atoms with E-state index in [0.29, 0.717) is 55.8 Å². The topological polar surface area (TPSA) is 108 Å². The highest BCUT2D eigenvalue weighted by atomic mass is 19.1. The summed E-state index contributed by atoms with van der Waals surface area (Å²) in [6, 6.07) is 4.09. The number of anilines is 1. The Hall–Kier alpha value is -3.83. The number of H-pyrrole nitrogens is 1. The van der Waals surface area contributed by atoms with Gasteiger partial charge in [-0.3, -0.25) is 4.79 Å². The molecule has 1 amide bonds. The number of imidazole rings is 1. The van der Waals surface area contributed by atoms with Crippen LogP contribution in [0.15, 0.2) is 35.1 Å². The van der Waals surface area contributed by atoms with Gasteiger partial charge in [0.15, 0.2) is 0 Å². The number of hydrogen-bond acceptors (Lipinski definition) is 7. The van der Waals surface area contributed by atoms with E-state index >= 15 is 0 Å². The molecular weight excluding hydrogens is 434 g/mol. The first-order valence-corrected chi connectivity index (χ1v) is 10.8. The summed E-state index contributed by atoms with van der Waals surface area (Å²) < 4.78 is 34.9. The third-order valence-corrected chi connectivity index (χ3v) is 6.23. The molecule has 0 aromatic carbocycles. The summed E-state index contributed by atoms with van der Waals surface area (Å²) >= 11 is 0. The van der Waals surface area contributed by atoms with Gasteiger partial charge < -0.3 is 19.2 Å². The van der Waals surface area contributed by atoms with E-state index in [4.69, 9.17) is 4.42 Å². The molecule has 12 heteroatoms. The molecule has 0 spiro atoms. The van der Waals surface area contributed by atoms with Crippen LogP contribution in [0.3, 0.4) is 0 Å². The van der Waals surface area contributed by atoms with Crippen LogP contribution in [0.1, 0.15) is 46.7 Å². The van der Waals surface area contributed by atoms with Gasteiger partial charge in [0.2, 0.25) is 0 Å². The molecule has 6 rings (SSSR count). The molecule has 1 atom stereocenters. The van der Waals surface area contributed by atoms with E-state index in [2.05, 4.69) is 25.3 Å². The first-order chi connectivity index (χ1) is 16.1. The van der Waals surface area contributed by atoms with Crippen molar-refractivity contribution >= 4 is 17.4 Å². The highest BCUT2D eigenvalue weighted by molar-refractivity contribution is 5.90. The first kappa shape index (κ1) is 19.8. The van der Waals surface area contributed by atoms with Gasteiger partial charge in [-0.15, -0.1) is 5.10 Å². The van der Waals surface area contributed by atoms with E-state index < -0.39 is 23.9 Å². The van der Waals surface area contributed by atoms with Gasteiger partial charge in [0.1, 0.15) is 23.5 Å². The number of amides is 1. The van der Waals surface area contributed by atoms with E-state index in [1.165, 1.54) is 10.6 Å². The smallest absolute Gasteiger partial charge is 0.318 e. The molecule has 2 aliphatic rings. The second-order valence-corrected chi connectivity index (χ2v) is 8.22. The second kappa shape index (κ2) is 7.64. The summed E-state index contributed by atoms with van der Waals surface area (Å²) in [4.78, 5) is 24.3. The van der Waals surface area contributed by atoms with Crippen LogP contribution in [0, 0.1) is 5.82 Å². The molecule has 10 nitrogen and oxygen atoms in total. The number of pyridine rings is 1. The number of halogens is 2. The Labute approximate surface area is 186 Å². The molecule has 0 bridgehead atoms. The number of alkyl halides is 1. The Morgan fingerprint density at radius 2 is 2.06 bits per heavy atom. The van der Waals surface area contributed by atoms with Gasteiger partial charge in [-0.1, -0.05) is 5.10 Å². The molecule has 33 heavy (non-hydrogen) atoms. The van der Waals surface area contributed by atoms with Gasteiger partial charge in [0, 0.05) is 37.9 Å². The molecule has 4 aromatic heterocycles. The lowest BCUT2D eigenvalue weighted by atomic mass is 9.99. The molecule has 0 radical (unpaired) electrons. The van der Waals surface area contributed by atoms with Crippen molar-refractivity contribution in [2.45, 2.75) is 31.5 Å². The zero-order valence-corrected chi connectivity index (χ0v) is 17.5. The lowest BCUT2D eigenvalue weighted by Gasteiger charge is -2.32. The van der Waals surface area contributed by atoms with E-state index in [1.807, 2.05) is 0 Å². The van der Waals surface area contributed by atoms with Gasteiger partial charge in [-0.05, 0) is 31.0 Å². The van der Waals surface area contributed by atoms with Crippen molar-refractivity contribution < 1.29 is 18.0 Å². The summed E-state index contributed by atoms with van der Waals surface area (Å²) in [6.07, 6.45) is 3.70. The number of aromatic amines is 1. The van der Waals surface area contributed by atoms with Crippen LogP contribution in [0.2, 0.25) is 0 Å². The fraction of sp³-hybridized carbons (Fsp3) is 0.381. The minimum absolute atomic E-state index is 0.161. The maximum atomic E-state index is 14.3. The Balaban J connectivity index is 1.35. The molecule has 0 saturated carbocycles. The fourth-order valence-corrected chi connectivity index (χ4v) is 4.52. The molecular formula is C21H20F2N8O2. The molecule has 6 heterocycles. The molecule has 2 aliphatic heterocycles. The number of fused-ring (bicyclic) bond motifs is 2. The standard InChI is InChI=1S/C21H20F2N8O2/c22-12-3-7-29(8-4-12)21-27-26-19(33-21)20(32)30-9-5-14-17(25-11-24-14)18(30)15-10-16-13(23)2-1-6-31(16)28-15/h1-2,6,10-12,18H,3-5,7-9H2,(H,24,25)/t18-/m1/s1. The van der Waals surface area contributed by atoms with Crippen molar-refractivity contribution in [1.29, 1.82) is 0 Å². The maximum Gasteiger partial charge on any atom is 0.318 e. The van der Waals surface area contributed by atoms with Crippen LogP contribution in [0.4, 0.5) is 14.8 Å². The van der Waals surface area contributed by atoms with E-state index in [1.54, 1.807) is 34.5 Å². The summed E-state index contributed by atoms with van der Waals surface area (Å²) in [6.45, 7) is 1.26. The number of nitrogens with one attached hydrogen (secondary N) is 1. The molecule has 170 valence electrons. The fourth-order valence-electron chi connectivity index (χ4n) is 4.52. The molecule has 1 N–H and O–H groups in total. The number of piperidine rings is 1. The quantitative estimate of drug-likeness (QED) is 0.506. The van der Waals surface area contributed by atoms with Crippen molar-refractivity contribution in [3.63, 3.8) is 0 Å². The largest absolute Gasteiger partial charge is 0.399 e. The normalized spacial score (nSPS) is 19.3. The Bertz CT molecular complexity index is 1320. The van der Waals surface area contributed by atoms with Crippen molar-refractivity contribution in [2.75, 3.05) is 24.5 Å². The first-order valence-electron chi connectivity index (χ1n) is 10.8. The van der Waals surface area contributed by atoms with E-state index in [0.717, 1.165) is 5.69 Å². The predicted octanol–water partition coefficient (Wildman–Crippen LogP) is 2.31. The highest BCUT2D eigenvalue weighted by Crippen LogP contribution is 2.34. The zero-order chi connectivity index (χ0) is 22.5. The van der Waals surface area contributed by atoms with Crippen LogP contribution >= 0.6 is 0 Å². The third-order valence-electron chi connectivity index (χ3n) is 6.23. The SMILES string of the molecule is O=C(c1nnc(N2CCC(F)CC2)o1)N1CCc2[nH]cnc2[C@H]1c1cc2c(F)cccn2n1. The monoisotopic (exact) mass is 454 g/mol. The number of nitrogens with zero attached hydrogens (tertiary/aromatic N) is 7. The lowest BCUT2D eigenvalue weighted by molar-refractivity contribution is 0.0646. The Kier molecular flexibility index (Phi) is 4.59. The summed E-state index contributed by atoms with van der Waals surface area (Å²) in [5.74, 6) is -1.04. The van der Waals surface area contributed by atoms with Crippen LogP contribution in [0.25, 0.3) is 5.52 Å². The van der Waals surface area contributed by atoms with Crippen molar-refractivity contribution in [2.24, 2.45) is 0 Å². The van der Waals surface area contributed by atoms with E-state index in [-0.39, 0.29) is 11.9 Å². The minimum atomic E-state index is -0.835. The van der Waals surface area contributed by atoms with Crippen molar-refractivity contribution in [3.05, 3.63) is 59.5 Å². The molecule has 1 saturated heterocycles. The Morgan fingerprint density at radius 1 is 1.21 bits per heavy atom. The Morgan fingerprint density at radius 3 is 2.88 bits per heavy atom. The maximum absolute atomic E-state index is 14.3. The second-order valence-electron chi connectivity index (χ2n) is 8.22. The number of carbonyl (C=O) groups is 1. The summed E-state index contributed by atoms with van der Waals surface area (Å²) in [5.41, 5.74) is 2.32. The lowest BCUT2D eigenvalue weighted by Crippen LogP contribution is -2.41. The van der Waals surface area contributed by atoms with Gasteiger partial charge >= 0.3 is 17.8 Å². The van der Waals surface area contributed by atoms with Gasteiger partial charge in [-0.2, -0.15) is 5.10 Å². The molecule has 4 aromatic rings. The van der Waals surface area contributed by atoms with Crippen LogP contribution in [-0.4, -0.2) is 66.4 Å². The molecule has 1 fully saturated rings. The van der Waals surface area contributed by atoms with Crippen LogP contribution in [-0.2, 0) is 6.42 Å². The number of rotatable bonds is 3. The molecule has 0 unspecified atom stereocenters. The minimum Gasteiger partial charge on any atom is -0.399 e. The predicted molar refractivity (Wildman–Crippen MR) is 111 cm³/mol. The van der Waals surface area contributed by atoms with Gasteiger partial charge in [0.05, 0.1) is 17.7 Å².